The summed E-state index contributed by atoms with van der Waals surface area (Å²) in [4.78, 5) is 4.69. The van der Waals surface area contributed by atoms with E-state index in [-0.39, 0.29) is 0 Å². The van der Waals surface area contributed by atoms with E-state index in [2.05, 4.69) is 67.2 Å². The summed E-state index contributed by atoms with van der Waals surface area (Å²) in [7, 11) is 2.18. The molecule has 0 N–H and O–H groups in total. The molecule has 0 spiro atoms. The molecule has 2 nitrogen and oxygen atoms in total. The van der Waals surface area contributed by atoms with Gasteiger partial charge < -0.3 is 0 Å². The monoisotopic (exact) mass is 339 g/mol. The Bertz CT molecular complexity index is 1160. The third kappa shape index (κ3) is 2.40. The summed E-state index contributed by atoms with van der Waals surface area (Å²) in [6.45, 7) is 2.20. The first kappa shape index (κ1) is 15.5. The molecule has 5 rings (SSSR count). The molecule has 0 aliphatic heterocycles. The van der Waals surface area contributed by atoms with Crippen molar-refractivity contribution < 1.29 is 4.57 Å². The van der Waals surface area contributed by atoms with Gasteiger partial charge in [-0.2, -0.15) is 0 Å². The van der Waals surface area contributed by atoms with Gasteiger partial charge in [0, 0.05) is 34.2 Å². The van der Waals surface area contributed by atoms with E-state index >= 15 is 0 Å². The summed E-state index contributed by atoms with van der Waals surface area (Å²) in [5.41, 5.74) is 8.02. The van der Waals surface area contributed by atoms with E-state index in [0.717, 1.165) is 5.52 Å². The fourth-order valence-corrected chi connectivity index (χ4v) is 4.39. The lowest BCUT2D eigenvalue weighted by atomic mass is 9.91. The fourth-order valence-electron chi connectivity index (χ4n) is 4.39. The van der Waals surface area contributed by atoms with Crippen LogP contribution in [-0.2, 0) is 19.9 Å². The second-order valence-corrected chi connectivity index (χ2v) is 7.56. The summed E-state index contributed by atoms with van der Waals surface area (Å²) in [6, 6.07) is 15.5. The van der Waals surface area contributed by atoms with E-state index < -0.39 is 0 Å². The summed E-state index contributed by atoms with van der Waals surface area (Å²) >= 11 is 0. The Morgan fingerprint density at radius 2 is 1.73 bits per heavy atom. The summed E-state index contributed by atoms with van der Waals surface area (Å²) in [5, 5.41) is 3.71. The van der Waals surface area contributed by atoms with Crippen molar-refractivity contribution in [3.8, 4) is 11.3 Å². The van der Waals surface area contributed by atoms with Crippen LogP contribution < -0.4 is 4.57 Å². The Morgan fingerprint density at radius 1 is 0.923 bits per heavy atom. The van der Waals surface area contributed by atoms with E-state index in [1.807, 2.05) is 6.20 Å². The zero-order chi connectivity index (χ0) is 17.7. The van der Waals surface area contributed by atoms with Gasteiger partial charge in [0.05, 0.1) is 5.52 Å². The molecule has 2 aromatic carbocycles. The van der Waals surface area contributed by atoms with Gasteiger partial charge in [-0.3, -0.25) is 4.98 Å². The molecule has 0 radical (unpaired) electrons. The van der Waals surface area contributed by atoms with Crippen molar-refractivity contribution in [2.45, 2.75) is 32.6 Å². The molecule has 128 valence electrons. The minimum atomic E-state index is 1.07. The number of pyridine rings is 2. The smallest absolute Gasteiger partial charge is 0.212 e. The molecule has 26 heavy (non-hydrogen) atoms. The first-order valence-corrected chi connectivity index (χ1v) is 9.50. The number of hydrogen-bond donors (Lipinski definition) is 0. The van der Waals surface area contributed by atoms with Crippen molar-refractivity contribution in [1.29, 1.82) is 0 Å². The first-order valence-electron chi connectivity index (χ1n) is 9.50. The standard InChI is InChI=1S/C24H23N2/c1-16-11-23-22(20-10-6-5-8-18(20)14-25-23)13-21(16)24-12-17-7-3-4-9-19(17)15-26(24)2/h5-6,8,10-15H,3-4,7,9H2,1-2H3/q+1. The Balaban J connectivity index is 1.79. The van der Waals surface area contributed by atoms with Crippen LogP contribution in [0.2, 0.25) is 0 Å². The van der Waals surface area contributed by atoms with Gasteiger partial charge in [-0.05, 0) is 61.3 Å². The minimum Gasteiger partial charge on any atom is -0.256 e. The molecular weight excluding hydrogens is 316 g/mol. The van der Waals surface area contributed by atoms with Crippen LogP contribution in [0.25, 0.3) is 32.9 Å². The largest absolute Gasteiger partial charge is 0.256 e. The van der Waals surface area contributed by atoms with Crippen molar-refractivity contribution in [3.05, 3.63) is 71.5 Å². The molecule has 0 atom stereocenters. The quantitative estimate of drug-likeness (QED) is 0.350. The summed E-state index contributed by atoms with van der Waals surface area (Å²) < 4.78 is 2.30. The SMILES string of the molecule is Cc1cc2ncc3ccccc3c2cc1-c1cc2c(c[n+]1C)CCCC2. The van der Waals surface area contributed by atoms with Crippen LogP contribution >= 0.6 is 0 Å². The lowest BCUT2D eigenvalue weighted by Crippen LogP contribution is -2.32. The van der Waals surface area contributed by atoms with Crippen LogP contribution in [0.15, 0.2) is 54.9 Å². The average molecular weight is 339 g/mol. The van der Waals surface area contributed by atoms with Gasteiger partial charge in [0.1, 0.15) is 7.05 Å². The topological polar surface area (TPSA) is 16.8 Å². The van der Waals surface area contributed by atoms with E-state index in [9.17, 15) is 0 Å². The Kier molecular flexibility index (Phi) is 3.53. The van der Waals surface area contributed by atoms with E-state index in [1.54, 1.807) is 0 Å². The molecule has 2 heteroatoms. The molecule has 0 unspecified atom stereocenters. The number of rotatable bonds is 1. The highest BCUT2D eigenvalue weighted by Crippen LogP contribution is 2.31. The Labute approximate surface area is 154 Å². The van der Waals surface area contributed by atoms with Crippen molar-refractivity contribution in [3.63, 3.8) is 0 Å². The number of nitrogens with zero attached hydrogens (tertiary/aromatic N) is 2. The molecule has 4 aromatic rings. The zero-order valence-corrected chi connectivity index (χ0v) is 15.4. The van der Waals surface area contributed by atoms with Gasteiger partial charge in [0.15, 0.2) is 6.20 Å². The average Bonchev–Trinajstić information content (AvgIpc) is 2.67. The number of benzene rings is 2. The molecule has 0 bridgehead atoms. The van der Waals surface area contributed by atoms with Gasteiger partial charge in [0.2, 0.25) is 5.69 Å². The van der Waals surface area contributed by atoms with Crippen LogP contribution in [0.4, 0.5) is 0 Å². The third-order valence-corrected chi connectivity index (χ3v) is 5.81. The maximum absolute atomic E-state index is 4.69. The van der Waals surface area contributed by atoms with Gasteiger partial charge in [0.25, 0.3) is 0 Å². The lowest BCUT2D eigenvalue weighted by Gasteiger charge is -2.16. The number of aryl methyl sites for hydroxylation is 4. The summed E-state index contributed by atoms with van der Waals surface area (Å²) in [6.07, 6.45) is 9.38. The molecule has 0 saturated heterocycles. The molecular formula is C24H23N2+. The second kappa shape index (κ2) is 5.91. The highest BCUT2D eigenvalue weighted by atomic mass is 14.9. The Hall–Kier alpha value is -2.74. The van der Waals surface area contributed by atoms with Crippen LogP contribution in [0.5, 0.6) is 0 Å². The molecule has 1 aliphatic rings. The van der Waals surface area contributed by atoms with E-state index in [4.69, 9.17) is 4.98 Å². The summed E-state index contributed by atoms with van der Waals surface area (Å²) in [5.74, 6) is 0. The van der Waals surface area contributed by atoms with Crippen LogP contribution in [-0.4, -0.2) is 4.98 Å². The maximum atomic E-state index is 4.69. The van der Waals surface area contributed by atoms with Crippen LogP contribution in [0, 0.1) is 6.92 Å². The van der Waals surface area contributed by atoms with Crippen molar-refractivity contribution >= 4 is 21.7 Å². The molecule has 0 saturated carbocycles. The van der Waals surface area contributed by atoms with Crippen molar-refractivity contribution in [1.82, 2.24) is 4.98 Å². The third-order valence-electron chi connectivity index (χ3n) is 5.81. The molecule has 2 aromatic heterocycles. The molecule has 0 amide bonds. The maximum Gasteiger partial charge on any atom is 0.212 e. The number of aromatic nitrogens is 2. The number of fused-ring (bicyclic) bond motifs is 4. The number of hydrogen-bond acceptors (Lipinski definition) is 1. The van der Waals surface area contributed by atoms with Gasteiger partial charge in [-0.15, -0.1) is 0 Å². The lowest BCUT2D eigenvalue weighted by molar-refractivity contribution is -0.660. The highest BCUT2D eigenvalue weighted by Gasteiger charge is 2.20. The highest BCUT2D eigenvalue weighted by molar-refractivity contribution is 6.06. The van der Waals surface area contributed by atoms with Crippen LogP contribution in [0.3, 0.4) is 0 Å². The molecule has 2 heterocycles. The predicted octanol–water partition coefficient (Wildman–Crippen LogP) is 5.07. The normalized spacial score (nSPS) is 13.9. The Morgan fingerprint density at radius 3 is 2.62 bits per heavy atom. The second-order valence-electron chi connectivity index (χ2n) is 7.56. The van der Waals surface area contributed by atoms with E-state index in [1.165, 1.54) is 69.8 Å². The zero-order valence-electron chi connectivity index (χ0n) is 15.4. The van der Waals surface area contributed by atoms with Crippen molar-refractivity contribution in [2.24, 2.45) is 7.05 Å². The molecule has 1 aliphatic carbocycles. The predicted molar refractivity (Wildman–Crippen MR) is 107 cm³/mol. The van der Waals surface area contributed by atoms with Crippen molar-refractivity contribution in [2.75, 3.05) is 0 Å². The fraction of sp³-hybridized carbons (Fsp3) is 0.250. The van der Waals surface area contributed by atoms with E-state index in [0.29, 0.717) is 0 Å². The molecule has 0 fully saturated rings. The van der Waals surface area contributed by atoms with Gasteiger partial charge in [-0.1, -0.05) is 24.3 Å². The first-order chi connectivity index (χ1) is 12.7. The van der Waals surface area contributed by atoms with Crippen LogP contribution in [0.1, 0.15) is 29.5 Å². The minimum absolute atomic E-state index is 1.07. The van der Waals surface area contributed by atoms with Gasteiger partial charge in [-0.25, -0.2) is 4.57 Å². The van der Waals surface area contributed by atoms with Gasteiger partial charge >= 0.3 is 0 Å².